The average Bonchev–Trinajstić information content (AvgIpc) is 2.51. The Kier molecular flexibility index (Phi) is 3.20. The number of fused-ring (bicyclic) bond motifs is 1. The number of aryl methyl sites for hydroxylation is 2. The van der Waals surface area contributed by atoms with Crippen LogP contribution < -0.4 is 4.74 Å². The molecule has 0 heterocycles. The molecule has 0 atom stereocenters. The Morgan fingerprint density at radius 2 is 2.00 bits per heavy atom. The predicted molar refractivity (Wildman–Crippen MR) is 72.9 cm³/mol. The van der Waals surface area contributed by atoms with Crippen LogP contribution in [0.4, 0.5) is 0 Å². The predicted octanol–water partition coefficient (Wildman–Crippen LogP) is 4.25. The molecule has 94 valence electrons. The van der Waals surface area contributed by atoms with Crippen molar-refractivity contribution in [1.29, 1.82) is 0 Å². The normalized spacial score (nSPS) is 17.3. The Morgan fingerprint density at radius 3 is 2.65 bits per heavy atom. The van der Waals surface area contributed by atoms with Crippen LogP contribution in [0.5, 0.6) is 5.75 Å². The summed E-state index contributed by atoms with van der Waals surface area (Å²) in [6, 6.07) is 4.60. The topological polar surface area (TPSA) is 9.23 Å². The lowest BCUT2D eigenvalue weighted by atomic mass is 9.86. The Balaban J connectivity index is 2.30. The molecule has 1 aromatic rings. The van der Waals surface area contributed by atoms with Gasteiger partial charge in [-0.2, -0.15) is 0 Å². The van der Waals surface area contributed by atoms with Gasteiger partial charge in [0.05, 0.1) is 6.61 Å². The van der Waals surface area contributed by atoms with Crippen LogP contribution in [-0.4, -0.2) is 6.61 Å². The molecule has 1 heteroatoms. The number of hydrogen-bond acceptors (Lipinski definition) is 1. The highest BCUT2D eigenvalue weighted by atomic mass is 16.5. The summed E-state index contributed by atoms with van der Waals surface area (Å²) in [6.45, 7) is 12.0. The maximum Gasteiger partial charge on any atom is 0.122 e. The van der Waals surface area contributed by atoms with Crippen molar-refractivity contribution in [3.05, 3.63) is 28.8 Å². The van der Waals surface area contributed by atoms with Crippen molar-refractivity contribution in [2.24, 2.45) is 5.92 Å². The molecule has 0 saturated carbocycles. The largest absolute Gasteiger partial charge is 0.493 e. The first-order chi connectivity index (χ1) is 7.90. The van der Waals surface area contributed by atoms with Crippen molar-refractivity contribution in [2.45, 2.75) is 52.9 Å². The summed E-state index contributed by atoms with van der Waals surface area (Å²) >= 11 is 0. The minimum Gasteiger partial charge on any atom is -0.493 e. The standard InChI is InChI=1S/C16H24O/c1-11(2)10-17-15-9-14-13(8-12(15)3)6-7-16(14,4)5/h8-9,11H,6-7,10H2,1-5H3. The third-order valence-electron chi connectivity index (χ3n) is 3.72. The lowest BCUT2D eigenvalue weighted by Gasteiger charge is -2.21. The van der Waals surface area contributed by atoms with Gasteiger partial charge < -0.3 is 4.74 Å². The van der Waals surface area contributed by atoms with Gasteiger partial charge >= 0.3 is 0 Å². The van der Waals surface area contributed by atoms with Gasteiger partial charge in [0, 0.05) is 0 Å². The molecule has 0 saturated heterocycles. The summed E-state index contributed by atoms with van der Waals surface area (Å²) in [4.78, 5) is 0. The summed E-state index contributed by atoms with van der Waals surface area (Å²) in [7, 11) is 0. The molecule has 1 aromatic carbocycles. The fourth-order valence-electron chi connectivity index (χ4n) is 2.58. The number of ether oxygens (including phenoxy) is 1. The Labute approximate surface area is 105 Å². The third-order valence-corrected chi connectivity index (χ3v) is 3.72. The van der Waals surface area contributed by atoms with Gasteiger partial charge in [-0.05, 0) is 53.9 Å². The molecule has 0 amide bonds. The van der Waals surface area contributed by atoms with Gasteiger partial charge in [0.2, 0.25) is 0 Å². The van der Waals surface area contributed by atoms with Crippen molar-refractivity contribution in [2.75, 3.05) is 6.61 Å². The van der Waals surface area contributed by atoms with Gasteiger partial charge in [0.1, 0.15) is 5.75 Å². The van der Waals surface area contributed by atoms with E-state index in [0.717, 1.165) is 12.4 Å². The molecule has 0 bridgehead atoms. The highest BCUT2D eigenvalue weighted by Gasteiger charge is 2.30. The van der Waals surface area contributed by atoms with E-state index < -0.39 is 0 Å². The molecule has 0 unspecified atom stereocenters. The zero-order chi connectivity index (χ0) is 12.6. The third kappa shape index (κ3) is 2.48. The van der Waals surface area contributed by atoms with Crippen LogP contribution in [0.15, 0.2) is 12.1 Å². The molecule has 17 heavy (non-hydrogen) atoms. The Hall–Kier alpha value is -0.980. The zero-order valence-electron chi connectivity index (χ0n) is 11.8. The van der Waals surface area contributed by atoms with Crippen LogP contribution in [0, 0.1) is 12.8 Å². The van der Waals surface area contributed by atoms with E-state index in [9.17, 15) is 0 Å². The molecular weight excluding hydrogens is 208 g/mol. The van der Waals surface area contributed by atoms with Gasteiger partial charge in [-0.3, -0.25) is 0 Å². The minimum atomic E-state index is 0.318. The van der Waals surface area contributed by atoms with Crippen LogP contribution in [0.2, 0.25) is 0 Å². The van der Waals surface area contributed by atoms with Crippen molar-refractivity contribution < 1.29 is 4.74 Å². The summed E-state index contributed by atoms with van der Waals surface area (Å²) in [5.41, 5.74) is 4.60. The maximum absolute atomic E-state index is 5.92. The quantitative estimate of drug-likeness (QED) is 0.757. The van der Waals surface area contributed by atoms with Crippen molar-refractivity contribution in [3.8, 4) is 5.75 Å². The second kappa shape index (κ2) is 4.36. The highest BCUT2D eigenvalue weighted by Crippen LogP contribution is 2.41. The van der Waals surface area contributed by atoms with E-state index in [4.69, 9.17) is 4.74 Å². The molecule has 0 fully saturated rings. The van der Waals surface area contributed by atoms with Gasteiger partial charge in [0.15, 0.2) is 0 Å². The second-order valence-electron chi connectivity index (χ2n) is 6.36. The van der Waals surface area contributed by atoms with Gasteiger partial charge in [0.25, 0.3) is 0 Å². The van der Waals surface area contributed by atoms with Gasteiger partial charge in [-0.1, -0.05) is 33.8 Å². The monoisotopic (exact) mass is 232 g/mol. The fraction of sp³-hybridized carbons (Fsp3) is 0.625. The summed E-state index contributed by atoms with van der Waals surface area (Å²) < 4.78 is 5.92. The number of benzene rings is 1. The fourth-order valence-corrected chi connectivity index (χ4v) is 2.58. The summed E-state index contributed by atoms with van der Waals surface area (Å²) in [5.74, 6) is 1.66. The summed E-state index contributed by atoms with van der Waals surface area (Å²) in [6.07, 6.45) is 2.48. The Bertz CT molecular complexity index is 416. The van der Waals surface area contributed by atoms with Gasteiger partial charge in [-0.15, -0.1) is 0 Å². The first-order valence-electron chi connectivity index (χ1n) is 6.67. The van der Waals surface area contributed by atoms with Crippen LogP contribution >= 0.6 is 0 Å². The van der Waals surface area contributed by atoms with Crippen LogP contribution in [0.3, 0.4) is 0 Å². The van der Waals surface area contributed by atoms with E-state index in [1.54, 1.807) is 0 Å². The molecule has 0 N–H and O–H groups in total. The minimum absolute atomic E-state index is 0.318. The lowest BCUT2D eigenvalue weighted by molar-refractivity contribution is 0.269. The molecule has 1 aliphatic rings. The van der Waals surface area contributed by atoms with E-state index in [2.05, 4.69) is 46.8 Å². The molecule has 0 aliphatic heterocycles. The van der Waals surface area contributed by atoms with Crippen LogP contribution in [0.25, 0.3) is 0 Å². The Morgan fingerprint density at radius 1 is 1.29 bits per heavy atom. The molecule has 0 radical (unpaired) electrons. The van der Waals surface area contributed by atoms with Crippen molar-refractivity contribution in [3.63, 3.8) is 0 Å². The smallest absolute Gasteiger partial charge is 0.122 e. The lowest BCUT2D eigenvalue weighted by Crippen LogP contribution is -2.13. The summed E-state index contributed by atoms with van der Waals surface area (Å²) in [5, 5.41) is 0. The van der Waals surface area contributed by atoms with Crippen molar-refractivity contribution in [1.82, 2.24) is 0 Å². The molecular formula is C16H24O. The van der Waals surface area contributed by atoms with Crippen molar-refractivity contribution >= 4 is 0 Å². The second-order valence-corrected chi connectivity index (χ2v) is 6.36. The molecule has 1 aliphatic carbocycles. The SMILES string of the molecule is Cc1cc2c(cc1OCC(C)C)C(C)(C)CC2. The first-order valence-corrected chi connectivity index (χ1v) is 6.67. The first kappa shape index (κ1) is 12.5. The van der Waals surface area contributed by atoms with E-state index in [0.29, 0.717) is 11.3 Å². The number of hydrogen-bond donors (Lipinski definition) is 0. The zero-order valence-corrected chi connectivity index (χ0v) is 11.8. The highest BCUT2D eigenvalue weighted by molar-refractivity contribution is 5.47. The molecule has 1 nitrogen and oxygen atoms in total. The van der Waals surface area contributed by atoms with E-state index in [1.807, 2.05) is 0 Å². The average molecular weight is 232 g/mol. The molecule has 0 spiro atoms. The number of rotatable bonds is 3. The van der Waals surface area contributed by atoms with E-state index >= 15 is 0 Å². The maximum atomic E-state index is 5.92. The van der Waals surface area contributed by atoms with Gasteiger partial charge in [-0.25, -0.2) is 0 Å². The van der Waals surface area contributed by atoms with Crippen LogP contribution in [0.1, 0.15) is 50.8 Å². The molecule has 0 aromatic heterocycles. The molecule has 2 rings (SSSR count). The van der Waals surface area contributed by atoms with Crippen LogP contribution in [-0.2, 0) is 11.8 Å². The van der Waals surface area contributed by atoms with E-state index in [-0.39, 0.29) is 0 Å². The van der Waals surface area contributed by atoms with E-state index in [1.165, 1.54) is 29.5 Å².